The van der Waals surface area contributed by atoms with Crippen LogP contribution in [-0.2, 0) is 17.9 Å². The summed E-state index contributed by atoms with van der Waals surface area (Å²) in [5, 5.41) is 6.92. The highest BCUT2D eigenvalue weighted by Crippen LogP contribution is 2.14. The van der Waals surface area contributed by atoms with E-state index in [1.807, 2.05) is 29.2 Å². The molecule has 1 aromatic carbocycles. The van der Waals surface area contributed by atoms with Crippen molar-refractivity contribution in [3.63, 3.8) is 0 Å². The summed E-state index contributed by atoms with van der Waals surface area (Å²) in [6, 6.07) is 7.52. The van der Waals surface area contributed by atoms with Crippen LogP contribution in [0.2, 0.25) is 0 Å². The van der Waals surface area contributed by atoms with Crippen molar-refractivity contribution < 1.29 is 9.59 Å². The lowest BCUT2D eigenvalue weighted by atomic mass is 10.1. The van der Waals surface area contributed by atoms with E-state index in [2.05, 4.69) is 15.4 Å². The van der Waals surface area contributed by atoms with Crippen LogP contribution in [0.5, 0.6) is 0 Å². The van der Waals surface area contributed by atoms with Crippen molar-refractivity contribution in [3.05, 3.63) is 48.0 Å². The van der Waals surface area contributed by atoms with E-state index < -0.39 is 0 Å². The van der Waals surface area contributed by atoms with Crippen molar-refractivity contribution in [2.75, 3.05) is 13.1 Å². The van der Waals surface area contributed by atoms with Gasteiger partial charge < -0.3 is 10.2 Å². The van der Waals surface area contributed by atoms with Gasteiger partial charge in [-0.2, -0.15) is 5.10 Å². The molecule has 0 radical (unpaired) electrons. The third-order valence-electron chi connectivity index (χ3n) is 4.59. The van der Waals surface area contributed by atoms with Crippen LogP contribution in [0.3, 0.4) is 0 Å². The van der Waals surface area contributed by atoms with Crippen molar-refractivity contribution in [1.82, 2.24) is 25.0 Å². The monoisotopic (exact) mass is 355 g/mol. The van der Waals surface area contributed by atoms with Gasteiger partial charge >= 0.3 is 0 Å². The number of piperidine rings is 1. The van der Waals surface area contributed by atoms with Crippen molar-refractivity contribution in [1.29, 1.82) is 0 Å². The molecule has 1 fully saturated rings. The minimum absolute atomic E-state index is 0.0126. The number of hydrogen-bond acceptors (Lipinski definition) is 4. The molecule has 7 nitrogen and oxygen atoms in total. The summed E-state index contributed by atoms with van der Waals surface area (Å²) in [5.41, 5.74) is 1.71. The number of nitrogens with one attached hydrogen (secondary N) is 1. The number of benzene rings is 1. The van der Waals surface area contributed by atoms with Gasteiger partial charge in [0.2, 0.25) is 5.91 Å². The molecule has 0 unspecified atom stereocenters. The highest BCUT2D eigenvalue weighted by Gasteiger charge is 2.17. The summed E-state index contributed by atoms with van der Waals surface area (Å²) < 4.78 is 1.71. The average Bonchev–Trinajstić information content (AvgIpc) is 3.20. The molecule has 1 aliphatic rings. The minimum Gasteiger partial charge on any atom is -0.352 e. The molecule has 2 amide bonds. The van der Waals surface area contributed by atoms with Gasteiger partial charge in [-0.25, -0.2) is 4.98 Å². The SMILES string of the molecule is O=C(CCCn1cncn1)NCc1ccc(C(=O)N2CCCCC2)cc1. The van der Waals surface area contributed by atoms with Gasteiger partial charge in [-0.3, -0.25) is 14.3 Å². The largest absolute Gasteiger partial charge is 0.352 e. The predicted molar refractivity (Wildman–Crippen MR) is 97.3 cm³/mol. The van der Waals surface area contributed by atoms with Crippen LogP contribution in [0.15, 0.2) is 36.9 Å². The van der Waals surface area contributed by atoms with Gasteiger partial charge in [0.05, 0.1) is 0 Å². The first kappa shape index (κ1) is 18.1. The molecule has 0 atom stereocenters. The van der Waals surface area contributed by atoms with Gasteiger partial charge in [-0.1, -0.05) is 12.1 Å². The van der Waals surface area contributed by atoms with Crippen molar-refractivity contribution in [2.24, 2.45) is 0 Å². The lowest BCUT2D eigenvalue weighted by molar-refractivity contribution is -0.121. The summed E-state index contributed by atoms with van der Waals surface area (Å²) in [7, 11) is 0. The van der Waals surface area contributed by atoms with Crippen molar-refractivity contribution in [3.8, 4) is 0 Å². The zero-order valence-electron chi connectivity index (χ0n) is 14.9. The third kappa shape index (κ3) is 5.15. The average molecular weight is 355 g/mol. The molecule has 0 aliphatic carbocycles. The Kier molecular flexibility index (Phi) is 6.35. The fourth-order valence-corrected chi connectivity index (χ4v) is 3.08. The first-order valence-electron chi connectivity index (χ1n) is 9.20. The summed E-state index contributed by atoms with van der Waals surface area (Å²) >= 11 is 0. The quantitative estimate of drug-likeness (QED) is 0.824. The first-order valence-corrected chi connectivity index (χ1v) is 9.20. The van der Waals surface area contributed by atoms with Crippen LogP contribution in [0.1, 0.15) is 48.0 Å². The molecule has 2 heterocycles. The number of aryl methyl sites for hydroxylation is 1. The molecule has 1 saturated heterocycles. The van der Waals surface area contributed by atoms with E-state index in [-0.39, 0.29) is 11.8 Å². The van der Waals surface area contributed by atoms with E-state index in [9.17, 15) is 9.59 Å². The molecule has 1 aliphatic heterocycles. The lowest BCUT2D eigenvalue weighted by Gasteiger charge is -2.26. The zero-order valence-corrected chi connectivity index (χ0v) is 14.9. The van der Waals surface area contributed by atoms with E-state index in [0.29, 0.717) is 19.5 Å². The fourth-order valence-electron chi connectivity index (χ4n) is 3.08. The number of carbonyl (C=O) groups is 2. The number of rotatable bonds is 7. The Morgan fingerprint density at radius 1 is 1.08 bits per heavy atom. The molecule has 0 saturated carbocycles. The maximum Gasteiger partial charge on any atom is 0.253 e. The molecule has 0 spiro atoms. The second kappa shape index (κ2) is 9.12. The molecular weight excluding hydrogens is 330 g/mol. The number of amides is 2. The van der Waals surface area contributed by atoms with Gasteiger partial charge in [0.25, 0.3) is 5.91 Å². The van der Waals surface area contributed by atoms with E-state index in [4.69, 9.17) is 0 Å². The highest BCUT2D eigenvalue weighted by molar-refractivity contribution is 5.94. The molecular formula is C19H25N5O2. The van der Waals surface area contributed by atoms with Crippen LogP contribution in [0.25, 0.3) is 0 Å². The number of nitrogens with zero attached hydrogens (tertiary/aromatic N) is 4. The van der Waals surface area contributed by atoms with Gasteiger partial charge in [0, 0.05) is 38.2 Å². The summed E-state index contributed by atoms with van der Waals surface area (Å²) in [5.74, 6) is 0.118. The highest BCUT2D eigenvalue weighted by atomic mass is 16.2. The fraction of sp³-hybridized carbons (Fsp3) is 0.474. The normalized spacial score (nSPS) is 14.2. The zero-order chi connectivity index (χ0) is 18.2. The molecule has 1 aromatic heterocycles. The second-order valence-corrected chi connectivity index (χ2v) is 6.59. The Morgan fingerprint density at radius 2 is 1.85 bits per heavy atom. The number of aromatic nitrogens is 3. The maximum atomic E-state index is 12.4. The molecule has 3 rings (SSSR count). The Hall–Kier alpha value is -2.70. The second-order valence-electron chi connectivity index (χ2n) is 6.59. The van der Waals surface area contributed by atoms with Gasteiger partial charge in [0.1, 0.15) is 12.7 Å². The molecule has 26 heavy (non-hydrogen) atoms. The Balaban J connectivity index is 1.40. The van der Waals surface area contributed by atoms with Crippen LogP contribution in [0.4, 0.5) is 0 Å². The number of carbonyl (C=O) groups excluding carboxylic acids is 2. The molecule has 2 aromatic rings. The van der Waals surface area contributed by atoms with Crippen LogP contribution < -0.4 is 5.32 Å². The summed E-state index contributed by atoms with van der Waals surface area (Å²) in [4.78, 5) is 30.1. The van der Waals surface area contributed by atoms with Crippen molar-refractivity contribution in [2.45, 2.75) is 45.2 Å². The topological polar surface area (TPSA) is 80.1 Å². The van der Waals surface area contributed by atoms with E-state index in [1.165, 1.54) is 12.7 Å². The molecule has 138 valence electrons. The van der Waals surface area contributed by atoms with Crippen LogP contribution in [0, 0.1) is 0 Å². The smallest absolute Gasteiger partial charge is 0.253 e. The lowest BCUT2D eigenvalue weighted by Crippen LogP contribution is -2.35. The molecule has 1 N–H and O–H groups in total. The van der Waals surface area contributed by atoms with Gasteiger partial charge in [0.15, 0.2) is 0 Å². The van der Waals surface area contributed by atoms with E-state index in [0.717, 1.165) is 43.5 Å². The third-order valence-corrected chi connectivity index (χ3v) is 4.59. The van der Waals surface area contributed by atoms with E-state index in [1.54, 1.807) is 11.0 Å². The standard InChI is InChI=1S/C19H25N5O2/c25-18(5-4-12-24-15-20-14-22-24)21-13-16-6-8-17(9-7-16)19(26)23-10-2-1-3-11-23/h6-9,14-15H,1-5,10-13H2,(H,21,25). The number of likely N-dealkylation sites (tertiary alicyclic amines) is 1. The van der Waals surface area contributed by atoms with Gasteiger partial charge in [-0.15, -0.1) is 0 Å². The maximum absolute atomic E-state index is 12.4. The van der Waals surface area contributed by atoms with Gasteiger partial charge in [-0.05, 0) is 43.4 Å². The first-order chi connectivity index (χ1) is 12.7. The van der Waals surface area contributed by atoms with Crippen LogP contribution in [-0.4, -0.2) is 44.6 Å². The molecule has 7 heteroatoms. The minimum atomic E-state index is 0.0126. The van der Waals surface area contributed by atoms with Crippen molar-refractivity contribution >= 4 is 11.8 Å². The summed E-state index contributed by atoms with van der Waals surface area (Å²) in [6.07, 6.45) is 7.69. The number of hydrogen-bond donors (Lipinski definition) is 1. The Morgan fingerprint density at radius 3 is 2.54 bits per heavy atom. The Bertz CT molecular complexity index is 706. The predicted octanol–water partition coefficient (Wildman–Crippen LogP) is 2.00. The van der Waals surface area contributed by atoms with Crippen LogP contribution >= 0.6 is 0 Å². The Labute approximate surface area is 153 Å². The summed E-state index contributed by atoms with van der Waals surface area (Å²) in [6.45, 7) is 2.86. The van der Waals surface area contributed by atoms with E-state index >= 15 is 0 Å². The molecule has 0 bridgehead atoms.